The number of Topliss-reactive ketones (excluding diaryl/α,β-unsaturated/α-hetero) is 1. The van der Waals surface area contributed by atoms with Crippen molar-refractivity contribution in [3.63, 3.8) is 0 Å². The van der Waals surface area contributed by atoms with Crippen LogP contribution in [0.4, 0.5) is 0 Å². The van der Waals surface area contributed by atoms with Gasteiger partial charge in [-0.1, -0.05) is 55.0 Å². The highest BCUT2D eigenvalue weighted by Gasteiger charge is 2.24. The van der Waals surface area contributed by atoms with Crippen LogP contribution in [0.1, 0.15) is 68.6 Å². The number of nitrogens with one attached hydrogen (secondary N) is 1. The van der Waals surface area contributed by atoms with E-state index in [0.29, 0.717) is 5.56 Å². The second kappa shape index (κ2) is 8.85. The summed E-state index contributed by atoms with van der Waals surface area (Å²) in [4.78, 5) is 25.4. The molecule has 0 bridgehead atoms. The Balaban J connectivity index is 1.83. The lowest BCUT2D eigenvalue weighted by molar-refractivity contribution is -0.117. The van der Waals surface area contributed by atoms with E-state index in [1.807, 2.05) is 24.4 Å². The largest absolute Gasteiger partial charge is 0.347 e. The van der Waals surface area contributed by atoms with Crippen molar-refractivity contribution in [2.24, 2.45) is 0 Å². The Morgan fingerprint density at radius 2 is 1.96 bits per heavy atom. The number of benzene rings is 1. The summed E-state index contributed by atoms with van der Waals surface area (Å²) in [6.07, 6.45) is 10.7. The van der Waals surface area contributed by atoms with Gasteiger partial charge in [-0.15, -0.1) is 0 Å². The summed E-state index contributed by atoms with van der Waals surface area (Å²) in [5, 5.41) is 3.80. The van der Waals surface area contributed by atoms with Crippen LogP contribution in [0.15, 0.2) is 28.9 Å². The van der Waals surface area contributed by atoms with Crippen molar-refractivity contribution in [1.29, 1.82) is 0 Å². The molecule has 4 nitrogen and oxygen atoms in total. The number of carbonyl (C=O) groups excluding carboxylic acids is 2. The summed E-state index contributed by atoms with van der Waals surface area (Å²) in [6.45, 7) is 3.04. The van der Waals surface area contributed by atoms with Crippen molar-refractivity contribution in [2.45, 2.75) is 70.9 Å². The van der Waals surface area contributed by atoms with E-state index in [1.54, 1.807) is 0 Å². The van der Waals surface area contributed by atoms with Crippen molar-refractivity contribution in [2.75, 3.05) is 0 Å². The number of hydrogen-bond acceptors (Lipinski definition) is 2. The molecule has 1 aliphatic carbocycles. The normalized spacial score (nSPS) is 15.3. The Hall–Kier alpha value is -1.62. The first kappa shape index (κ1) is 19.2. The Morgan fingerprint density at radius 3 is 2.69 bits per heavy atom. The third-order valence-electron chi connectivity index (χ3n) is 5.24. The molecule has 1 heterocycles. The van der Waals surface area contributed by atoms with Crippen molar-refractivity contribution < 1.29 is 9.59 Å². The van der Waals surface area contributed by atoms with Gasteiger partial charge in [0.05, 0.1) is 5.56 Å². The Bertz CT molecular complexity index is 791. The maximum Gasteiger partial charge on any atom is 0.292 e. The van der Waals surface area contributed by atoms with Crippen LogP contribution in [0, 0.1) is 0 Å². The molecular weight excluding hydrogens is 392 g/mol. The van der Waals surface area contributed by atoms with Crippen LogP contribution in [0.3, 0.4) is 0 Å². The average Bonchev–Trinajstić information content (AvgIpc) is 3.00. The molecule has 140 valence electrons. The van der Waals surface area contributed by atoms with Gasteiger partial charge in [0.15, 0.2) is 0 Å². The fourth-order valence-corrected chi connectivity index (χ4v) is 4.15. The number of ketones is 1. The smallest absolute Gasteiger partial charge is 0.292 e. The highest BCUT2D eigenvalue weighted by Crippen LogP contribution is 2.26. The molecule has 1 saturated carbocycles. The third kappa shape index (κ3) is 4.37. The lowest BCUT2D eigenvalue weighted by Gasteiger charge is -2.22. The van der Waals surface area contributed by atoms with Gasteiger partial charge in [-0.2, -0.15) is 0 Å². The van der Waals surface area contributed by atoms with Crippen molar-refractivity contribution in [3.8, 4) is 0 Å². The zero-order valence-electron chi connectivity index (χ0n) is 15.4. The van der Waals surface area contributed by atoms with Gasteiger partial charge in [-0.3, -0.25) is 9.59 Å². The fourth-order valence-electron chi connectivity index (χ4n) is 3.79. The summed E-state index contributed by atoms with van der Waals surface area (Å²) in [5.74, 6) is -0.891. The van der Waals surface area contributed by atoms with E-state index in [4.69, 9.17) is 0 Å². The van der Waals surface area contributed by atoms with E-state index >= 15 is 0 Å². The first-order chi connectivity index (χ1) is 12.6. The molecule has 3 rings (SSSR count). The standard InChI is InChI=1S/C21H27BrN2O2/c1-2-3-7-12-24-14-18(17-13-15(22)10-11-19(17)24)20(25)21(26)23-16-8-5-4-6-9-16/h10-11,13-14,16H,2-9,12H2,1H3,(H,23,26). The summed E-state index contributed by atoms with van der Waals surface area (Å²) >= 11 is 3.48. The quantitative estimate of drug-likeness (QED) is 0.380. The van der Waals surface area contributed by atoms with Gasteiger partial charge in [-0.25, -0.2) is 0 Å². The maximum absolute atomic E-state index is 12.8. The number of fused-ring (bicyclic) bond motifs is 1. The lowest BCUT2D eigenvalue weighted by Crippen LogP contribution is -2.40. The highest BCUT2D eigenvalue weighted by atomic mass is 79.9. The predicted octanol–water partition coefficient (Wildman–Crippen LogP) is 5.23. The van der Waals surface area contributed by atoms with Crippen LogP contribution in [0.25, 0.3) is 10.9 Å². The van der Waals surface area contributed by atoms with Crippen LogP contribution in [0.5, 0.6) is 0 Å². The van der Waals surface area contributed by atoms with E-state index in [0.717, 1.165) is 66.9 Å². The van der Waals surface area contributed by atoms with Crippen molar-refractivity contribution in [3.05, 3.63) is 34.4 Å². The number of rotatable bonds is 7. The molecule has 26 heavy (non-hydrogen) atoms. The molecule has 1 amide bonds. The third-order valence-corrected chi connectivity index (χ3v) is 5.73. The molecule has 1 aromatic carbocycles. The van der Waals surface area contributed by atoms with Gasteiger partial charge in [0.25, 0.3) is 11.7 Å². The molecule has 1 aliphatic rings. The summed E-state index contributed by atoms with van der Waals surface area (Å²) in [7, 11) is 0. The molecular formula is C21H27BrN2O2. The summed E-state index contributed by atoms with van der Waals surface area (Å²) in [5.41, 5.74) is 1.52. The minimum atomic E-state index is -0.468. The second-order valence-corrected chi connectivity index (χ2v) is 8.16. The summed E-state index contributed by atoms with van der Waals surface area (Å²) in [6, 6.07) is 6.08. The minimum absolute atomic E-state index is 0.143. The molecule has 0 atom stereocenters. The molecule has 0 saturated heterocycles. The number of carbonyl (C=O) groups is 2. The molecule has 1 N–H and O–H groups in total. The minimum Gasteiger partial charge on any atom is -0.347 e. The van der Waals surface area contributed by atoms with E-state index in [1.165, 1.54) is 6.42 Å². The van der Waals surface area contributed by atoms with E-state index < -0.39 is 11.7 Å². The zero-order chi connectivity index (χ0) is 18.5. The van der Waals surface area contributed by atoms with Crippen LogP contribution in [-0.2, 0) is 11.3 Å². The molecule has 0 radical (unpaired) electrons. The number of unbranched alkanes of at least 4 members (excludes halogenated alkanes) is 2. The van der Waals surface area contributed by atoms with Crippen LogP contribution < -0.4 is 5.32 Å². The van der Waals surface area contributed by atoms with Gasteiger partial charge in [0, 0.05) is 34.2 Å². The first-order valence-electron chi connectivity index (χ1n) is 9.73. The van der Waals surface area contributed by atoms with Gasteiger partial charge in [0.2, 0.25) is 0 Å². The number of hydrogen-bond donors (Lipinski definition) is 1. The van der Waals surface area contributed by atoms with Crippen LogP contribution in [0.2, 0.25) is 0 Å². The van der Waals surface area contributed by atoms with Gasteiger partial charge >= 0.3 is 0 Å². The summed E-state index contributed by atoms with van der Waals surface area (Å²) < 4.78 is 3.02. The number of aryl methyl sites for hydroxylation is 1. The van der Waals surface area contributed by atoms with Gasteiger partial charge < -0.3 is 9.88 Å². The molecule has 5 heteroatoms. The molecule has 0 aliphatic heterocycles. The van der Waals surface area contributed by atoms with Gasteiger partial charge in [0.1, 0.15) is 0 Å². The first-order valence-corrected chi connectivity index (χ1v) is 10.5. The van der Waals surface area contributed by atoms with Crippen LogP contribution in [-0.4, -0.2) is 22.3 Å². The Labute approximate surface area is 163 Å². The molecule has 1 fully saturated rings. The van der Waals surface area contributed by atoms with Gasteiger partial charge in [-0.05, 0) is 37.5 Å². The van der Waals surface area contributed by atoms with Crippen LogP contribution >= 0.6 is 15.9 Å². The Morgan fingerprint density at radius 1 is 1.19 bits per heavy atom. The number of nitrogens with zero attached hydrogens (tertiary/aromatic N) is 1. The fraction of sp³-hybridized carbons (Fsp3) is 0.524. The topological polar surface area (TPSA) is 51.1 Å². The predicted molar refractivity (Wildman–Crippen MR) is 109 cm³/mol. The molecule has 0 unspecified atom stereocenters. The van der Waals surface area contributed by atoms with E-state index in [-0.39, 0.29) is 6.04 Å². The number of aromatic nitrogens is 1. The maximum atomic E-state index is 12.8. The molecule has 0 spiro atoms. The highest BCUT2D eigenvalue weighted by molar-refractivity contribution is 9.10. The SMILES string of the molecule is CCCCCn1cc(C(=O)C(=O)NC2CCCCC2)c2cc(Br)ccc21. The van der Waals surface area contributed by atoms with Crippen molar-refractivity contribution >= 4 is 38.5 Å². The van der Waals surface area contributed by atoms with Crippen molar-refractivity contribution in [1.82, 2.24) is 9.88 Å². The number of amides is 1. The Kier molecular flexibility index (Phi) is 6.52. The molecule has 2 aromatic rings. The van der Waals surface area contributed by atoms with E-state index in [9.17, 15) is 9.59 Å². The lowest BCUT2D eigenvalue weighted by atomic mass is 9.95. The average molecular weight is 419 g/mol. The number of halogens is 1. The second-order valence-electron chi connectivity index (χ2n) is 7.24. The zero-order valence-corrected chi connectivity index (χ0v) is 17.0. The monoisotopic (exact) mass is 418 g/mol. The molecule has 1 aromatic heterocycles. The van der Waals surface area contributed by atoms with E-state index in [2.05, 4.69) is 32.7 Å².